The van der Waals surface area contributed by atoms with Crippen molar-refractivity contribution < 1.29 is 17.6 Å². The quantitative estimate of drug-likeness (QED) is 0.595. The molecule has 1 aromatic heterocycles. The average molecular weight is 445 g/mol. The molecule has 1 fully saturated rings. The molecule has 2 heterocycles. The second-order valence-electron chi connectivity index (χ2n) is 7.40. The topological polar surface area (TPSA) is 67.3 Å². The molecule has 1 aliphatic heterocycles. The number of aromatic nitrogens is 1. The largest absolute Gasteiger partial charge is 0.329 e. The first-order chi connectivity index (χ1) is 14.3. The molecule has 30 heavy (non-hydrogen) atoms. The van der Waals surface area contributed by atoms with E-state index in [1.54, 1.807) is 17.0 Å². The summed E-state index contributed by atoms with van der Waals surface area (Å²) in [6.07, 6.45) is 0.368. The van der Waals surface area contributed by atoms with E-state index in [0.717, 1.165) is 15.4 Å². The van der Waals surface area contributed by atoms with Gasteiger partial charge >= 0.3 is 0 Å². The van der Waals surface area contributed by atoms with E-state index in [0.29, 0.717) is 17.7 Å². The van der Waals surface area contributed by atoms with E-state index in [2.05, 4.69) is 4.98 Å². The number of aryl methyl sites for hydroxylation is 1. The lowest BCUT2D eigenvalue weighted by Crippen LogP contribution is -2.41. The van der Waals surface area contributed by atoms with Gasteiger partial charge < -0.3 is 4.90 Å². The number of hydrogen-bond acceptors (Lipinski definition) is 5. The fraction of sp³-hybridized carbons (Fsp3) is 0.273. The second-order valence-corrected chi connectivity index (χ2v) is 10.8. The van der Waals surface area contributed by atoms with E-state index >= 15 is 0 Å². The van der Waals surface area contributed by atoms with Gasteiger partial charge in [0.05, 0.1) is 21.4 Å². The number of carbonyl (C=O) groups excluding carboxylic acids is 1. The number of rotatable bonds is 5. The summed E-state index contributed by atoms with van der Waals surface area (Å²) >= 11 is 1.43. The summed E-state index contributed by atoms with van der Waals surface area (Å²) in [4.78, 5) is 20.4. The monoisotopic (exact) mass is 444 g/mol. The van der Waals surface area contributed by atoms with E-state index in [1.165, 1.54) is 23.5 Å². The van der Waals surface area contributed by atoms with Crippen molar-refractivity contribution in [3.63, 3.8) is 0 Å². The minimum atomic E-state index is -3.20. The summed E-state index contributed by atoms with van der Waals surface area (Å²) < 4.78 is 37.9. The van der Waals surface area contributed by atoms with Crippen LogP contribution in [-0.4, -0.2) is 41.8 Å². The lowest BCUT2D eigenvalue weighted by molar-refractivity contribution is 0.0676. The Morgan fingerprint density at radius 1 is 1.20 bits per heavy atom. The second kappa shape index (κ2) is 8.28. The molecule has 1 unspecified atom stereocenters. The maximum atomic E-state index is 13.7. The molecular weight excluding hydrogens is 423 g/mol. The first kappa shape index (κ1) is 20.7. The maximum absolute atomic E-state index is 13.7. The van der Waals surface area contributed by atoms with E-state index < -0.39 is 21.7 Å². The SMILES string of the molecule is Cc1nc(C(=O)N(Cc2cccc(F)c2)C2CCS(=O)(=O)C2)c(-c2ccccc2)s1. The summed E-state index contributed by atoms with van der Waals surface area (Å²) in [5.74, 6) is -0.762. The van der Waals surface area contributed by atoms with Crippen molar-refractivity contribution in [2.45, 2.75) is 25.9 Å². The molecule has 1 aliphatic rings. The van der Waals surface area contributed by atoms with Gasteiger partial charge in [-0.3, -0.25) is 4.79 Å². The molecule has 0 N–H and O–H groups in total. The van der Waals surface area contributed by atoms with E-state index in [4.69, 9.17) is 0 Å². The summed E-state index contributed by atoms with van der Waals surface area (Å²) in [5.41, 5.74) is 1.81. The summed E-state index contributed by atoms with van der Waals surface area (Å²) in [7, 11) is -3.20. The van der Waals surface area contributed by atoms with Crippen LogP contribution in [0, 0.1) is 12.7 Å². The molecule has 156 valence electrons. The smallest absolute Gasteiger partial charge is 0.274 e. The first-order valence-electron chi connectivity index (χ1n) is 9.61. The highest BCUT2D eigenvalue weighted by molar-refractivity contribution is 7.91. The van der Waals surface area contributed by atoms with Gasteiger partial charge in [0, 0.05) is 12.6 Å². The van der Waals surface area contributed by atoms with Gasteiger partial charge in [0.1, 0.15) is 11.5 Å². The number of hydrogen-bond donors (Lipinski definition) is 0. The molecule has 0 aliphatic carbocycles. The average Bonchev–Trinajstić information content (AvgIpc) is 3.28. The van der Waals surface area contributed by atoms with Gasteiger partial charge in [0.2, 0.25) is 0 Å². The van der Waals surface area contributed by atoms with Crippen molar-refractivity contribution >= 4 is 27.1 Å². The van der Waals surface area contributed by atoms with E-state index in [1.807, 2.05) is 37.3 Å². The molecule has 0 radical (unpaired) electrons. The molecule has 1 amide bonds. The van der Waals surface area contributed by atoms with Crippen LogP contribution < -0.4 is 0 Å². The minimum absolute atomic E-state index is 0.0479. The maximum Gasteiger partial charge on any atom is 0.274 e. The fourth-order valence-corrected chi connectivity index (χ4v) is 6.36. The van der Waals surface area contributed by atoms with Gasteiger partial charge in [-0.25, -0.2) is 17.8 Å². The van der Waals surface area contributed by atoms with Crippen LogP contribution in [0.4, 0.5) is 4.39 Å². The lowest BCUT2D eigenvalue weighted by atomic mass is 10.1. The Balaban J connectivity index is 1.73. The Kier molecular flexibility index (Phi) is 5.71. The summed E-state index contributed by atoms with van der Waals surface area (Å²) in [5, 5.41) is 0.752. The molecule has 1 atom stereocenters. The highest BCUT2D eigenvalue weighted by Crippen LogP contribution is 2.32. The van der Waals surface area contributed by atoms with Crippen LogP contribution in [0.2, 0.25) is 0 Å². The van der Waals surface area contributed by atoms with Gasteiger partial charge in [-0.15, -0.1) is 11.3 Å². The molecule has 3 aromatic rings. The number of benzene rings is 2. The van der Waals surface area contributed by atoms with Crippen molar-refractivity contribution in [2.24, 2.45) is 0 Å². The van der Waals surface area contributed by atoms with Gasteiger partial charge in [-0.05, 0) is 36.6 Å². The Morgan fingerprint density at radius 2 is 1.97 bits per heavy atom. The van der Waals surface area contributed by atoms with E-state index in [9.17, 15) is 17.6 Å². The van der Waals surface area contributed by atoms with Crippen LogP contribution in [0.25, 0.3) is 10.4 Å². The van der Waals surface area contributed by atoms with Crippen LogP contribution in [0.15, 0.2) is 54.6 Å². The van der Waals surface area contributed by atoms with E-state index in [-0.39, 0.29) is 24.0 Å². The molecule has 2 aromatic carbocycles. The van der Waals surface area contributed by atoms with Gasteiger partial charge in [0.25, 0.3) is 5.91 Å². The molecule has 1 saturated heterocycles. The predicted molar refractivity (Wildman–Crippen MR) is 116 cm³/mol. The van der Waals surface area contributed by atoms with Crippen molar-refractivity contribution in [3.8, 4) is 10.4 Å². The number of sulfone groups is 1. The Bertz CT molecular complexity index is 1180. The van der Waals surface area contributed by atoms with Gasteiger partial charge in [-0.2, -0.15) is 0 Å². The number of nitrogens with zero attached hydrogens (tertiary/aromatic N) is 2. The fourth-order valence-electron chi connectivity index (χ4n) is 3.71. The summed E-state index contributed by atoms with van der Waals surface area (Å²) in [6.45, 7) is 1.96. The third kappa shape index (κ3) is 4.44. The molecule has 0 bridgehead atoms. The molecule has 8 heteroatoms. The Labute approximate surface area is 179 Å². The van der Waals surface area contributed by atoms with Gasteiger partial charge in [0.15, 0.2) is 9.84 Å². The first-order valence-corrected chi connectivity index (χ1v) is 12.2. The number of halogens is 1. The predicted octanol–water partition coefficient (Wildman–Crippen LogP) is 4.09. The van der Waals surface area contributed by atoms with Crippen molar-refractivity contribution in [1.82, 2.24) is 9.88 Å². The van der Waals surface area contributed by atoms with Crippen LogP contribution in [0.3, 0.4) is 0 Å². The molecule has 4 rings (SSSR count). The lowest BCUT2D eigenvalue weighted by Gasteiger charge is -2.28. The van der Waals surface area contributed by atoms with Crippen molar-refractivity contribution in [3.05, 3.63) is 76.7 Å². The number of carbonyl (C=O) groups is 1. The molecule has 5 nitrogen and oxygen atoms in total. The third-order valence-corrected chi connectivity index (χ3v) is 7.89. The Morgan fingerprint density at radius 3 is 2.63 bits per heavy atom. The number of thiazole rings is 1. The van der Waals surface area contributed by atoms with Crippen molar-refractivity contribution in [2.75, 3.05) is 11.5 Å². The highest BCUT2D eigenvalue weighted by Gasteiger charge is 2.36. The van der Waals surface area contributed by atoms with Gasteiger partial charge in [-0.1, -0.05) is 42.5 Å². The molecule has 0 saturated carbocycles. The number of amides is 1. The summed E-state index contributed by atoms with van der Waals surface area (Å²) in [6, 6.07) is 15.1. The van der Waals surface area contributed by atoms with Crippen LogP contribution >= 0.6 is 11.3 Å². The van der Waals surface area contributed by atoms with Crippen LogP contribution in [-0.2, 0) is 16.4 Å². The van der Waals surface area contributed by atoms with Crippen LogP contribution in [0.1, 0.15) is 27.5 Å². The standard InChI is InChI=1S/C22H21FN2O3S2/c1-15-24-20(21(29-15)17-7-3-2-4-8-17)22(26)25(19-10-11-30(27,28)14-19)13-16-6-5-9-18(23)12-16/h2-9,12,19H,10-11,13-14H2,1H3. The highest BCUT2D eigenvalue weighted by atomic mass is 32.2. The molecule has 0 spiro atoms. The minimum Gasteiger partial charge on any atom is -0.329 e. The normalized spacial score (nSPS) is 17.7. The molecular formula is C22H21FN2O3S2. The Hall–Kier alpha value is -2.58. The zero-order valence-electron chi connectivity index (χ0n) is 16.4. The third-order valence-electron chi connectivity index (χ3n) is 5.12. The zero-order chi connectivity index (χ0) is 21.3. The zero-order valence-corrected chi connectivity index (χ0v) is 18.0. The van der Waals surface area contributed by atoms with Crippen LogP contribution in [0.5, 0.6) is 0 Å². The van der Waals surface area contributed by atoms with Crippen molar-refractivity contribution in [1.29, 1.82) is 0 Å².